The maximum Gasteiger partial charge on any atom is 0.316 e. The van der Waals surface area contributed by atoms with Crippen molar-refractivity contribution in [2.75, 3.05) is 5.32 Å². The molecule has 1 aliphatic rings. The van der Waals surface area contributed by atoms with Gasteiger partial charge in [0.25, 0.3) is 0 Å². The predicted octanol–water partition coefficient (Wildman–Crippen LogP) is 3.92. The number of amides is 3. The third kappa shape index (κ3) is 4.39. The van der Waals surface area contributed by atoms with Crippen LogP contribution in [0.4, 0.5) is 10.5 Å². The SMILES string of the molecule is CC(NC(=O)C1CC1c1cccc(Br)c1)c1ccc(NC(N)=O)cc1. The Kier molecular flexibility index (Phi) is 5.08. The minimum absolute atomic E-state index is 0.0348. The average molecular weight is 402 g/mol. The number of nitrogens with two attached hydrogens (primary N) is 1. The number of rotatable bonds is 5. The lowest BCUT2D eigenvalue weighted by Crippen LogP contribution is -2.28. The minimum atomic E-state index is -0.596. The summed E-state index contributed by atoms with van der Waals surface area (Å²) in [6.07, 6.45) is 0.885. The van der Waals surface area contributed by atoms with Gasteiger partial charge in [-0.1, -0.05) is 40.2 Å². The van der Waals surface area contributed by atoms with Crippen LogP contribution in [0, 0.1) is 5.92 Å². The first-order valence-corrected chi connectivity index (χ1v) is 8.95. The Labute approximate surface area is 155 Å². The van der Waals surface area contributed by atoms with Gasteiger partial charge in [-0.2, -0.15) is 0 Å². The van der Waals surface area contributed by atoms with Gasteiger partial charge in [0.05, 0.1) is 6.04 Å². The largest absolute Gasteiger partial charge is 0.351 e. The monoisotopic (exact) mass is 401 g/mol. The molecule has 3 unspecified atom stereocenters. The van der Waals surface area contributed by atoms with Crippen LogP contribution in [0.5, 0.6) is 0 Å². The molecule has 130 valence electrons. The zero-order chi connectivity index (χ0) is 18.0. The van der Waals surface area contributed by atoms with Gasteiger partial charge >= 0.3 is 6.03 Å². The quantitative estimate of drug-likeness (QED) is 0.708. The van der Waals surface area contributed by atoms with Crippen molar-refractivity contribution < 1.29 is 9.59 Å². The number of urea groups is 1. The van der Waals surface area contributed by atoms with Crippen LogP contribution >= 0.6 is 15.9 Å². The van der Waals surface area contributed by atoms with Crippen molar-refractivity contribution in [2.45, 2.75) is 25.3 Å². The lowest BCUT2D eigenvalue weighted by atomic mass is 10.1. The number of nitrogens with one attached hydrogen (secondary N) is 2. The molecule has 3 rings (SSSR count). The number of anilines is 1. The number of halogens is 1. The van der Waals surface area contributed by atoms with Crippen molar-refractivity contribution >= 4 is 33.6 Å². The highest BCUT2D eigenvalue weighted by molar-refractivity contribution is 9.10. The standard InChI is InChI=1S/C19H20BrN3O2/c1-11(12-5-7-15(8-6-12)23-19(21)25)22-18(24)17-10-16(17)13-3-2-4-14(20)9-13/h2-9,11,16-17H,10H2,1H3,(H,22,24)(H3,21,23,25). The molecule has 1 aliphatic carbocycles. The molecule has 1 saturated carbocycles. The van der Waals surface area contributed by atoms with Crippen molar-refractivity contribution in [2.24, 2.45) is 11.7 Å². The Morgan fingerprint density at radius 3 is 2.56 bits per heavy atom. The molecule has 6 heteroatoms. The van der Waals surface area contributed by atoms with Crippen molar-refractivity contribution in [3.8, 4) is 0 Å². The van der Waals surface area contributed by atoms with Crippen molar-refractivity contribution in [1.82, 2.24) is 5.32 Å². The summed E-state index contributed by atoms with van der Waals surface area (Å²) in [5.41, 5.74) is 7.89. The van der Waals surface area contributed by atoms with E-state index in [4.69, 9.17) is 5.73 Å². The van der Waals surface area contributed by atoms with E-state index in [1.807, 2.05) is 31.2 Å². The summed E-state index contributed by atoms with van der Waals surface area (Å²) < 4.78 is 1.04. The van der Waals surface area contributed by atoms with Gasteiger partial charge < -0.3 is 16.4 Å². The van der Waals surface area contributed by atoms with Gasteiger partial charge in [-0.05, 0) is 54.7 Å². The topological polar surface area (TPSA) is 84.2 Å². The lowest BCUT2D eigenvalue weighted by molar-refractivity contribution is -0.123. The average Bonchev–Trinajstić information content (AvgIpc) is 3.35. The van der Waals surface area contributed by atoms with Gasteiger partial charge in [0.15, 0.2) is 0 Å². The second-order valence-electron chi connectivity index (χ2n) is 6.35. The van der Waals surface area contributed by atoms with E-state index in [-0.39, 0.29) is 17.9 Å². The Balaban J connectivity index is 1.57. The van der Waals surface area contributed by atoms with E-state index in [0.29, 0.717) is 11.6 Å². The molecule has 25 heavy (non-hydrogen) atoms. The number of benzene rings is 2. The molecule has 3 atom stereocenters. The molecule has 0 aromatic heterocycles. The van der Waals surface area contributed by atoms with Gasteiger partial charge in [-0.15, -0.1) is 0 Å². The summed E-state index contributed by atoms with van der Waals surface area (Å²) in [5.74, 6) is 0.413. The summed E-state index contributed by atoms with van der Waals surface area (Å²) >= 11 is 3.47. The lowest BCUT2D eigenvalue weighted by Gasteiger charge is -2.15. The van der Waals surface area contributed by atoms with Gasteiger partial charge in [-0.3, -0.25) is 4.79 Å². The normalized spacial score (nSPS) is 19.8. The van der Waals surface area contributed by atoms with Gasteiger partial charge in [0.1, 0.15) is 0 Å². The van der Waals surface area contributed by atoms with Crippen LogP contribution in [0.25, 0.3) is 0 Å². The number of hydrogen-bond acceptors (Lipinski definition) is 2. The first kappa shape index (κ1) is 17.5. The summed E-state index contributed by atoms with van der Waals surface area (Å²) in [6, 6.07) is 14.7. The fourth-order valence-corrected chi connectivity index (χ4v) is 3.41. The maximum atomic E-state index is 12.5. The molecule has 4 N–H and O–H groups in total. The molecule has 0 bridgehead atoms. The van der Waals surface area contributed by atoms with Crippen LogP contribution in [-0.2, 0) is 4.79 Å². The number of carbonyl (C=O) groups excluding carboxylic acids is 2. The van der Waals surface area contributed by atoms with E-state index < -0.39 is 6.03 Å². The molecule has 0 aliphatic heterocycles. The highest BCUT2D eigenvalue weighted by Gasteiger charge is 2.44. The zero-order valence-corrected chi connectivity index (χ0v) is 15.4. The molecule has 0 spiro atoms. The number of primary amides is 1. The third-order valence-electron chi connectivity index (χ3n) is 4.44. The first-order chi connectivity index (χ1) is 11.9. The highest BCUT2D eigenvalue weighted by Crippen LogP contribution is 2.48. The van der Waals surface area contributed by atoms with Gasteiger partial charge in [0, 0.05) is 16.1 Å². The maximum absolute atomic E-state index is 12.5. The fourth-order valence-electron chi connectivity index (χ4n) is 2.99. The van der Waals surface area contributed by atoms with Crippen molar-refractivity contribution in [1.29, 1.82) is 0 Å². The fraction of sp³-hybridized carbons (Fsp3) is 0.263. The van der Waals surface area contributed by atoms with Crippen molar-refractivity contribution in [3.63, 3.8) is 0 Å². The minimum Gasteiger partial charge on any atom is -0.351 e. The molecule has 5 nitrogen and oxygen atoms in total. The van der Waals surface area contributed by atoms with E-state index in [1.165, 1.54) is 5.56 Å². The van der Waals surface area contributed by atoms with Crippen molar-refractivity contribution in [3.05, 3.63) is 64.1 Å². The highest BCUT2D eigenvalue weighted by atomic mass is 79.9. The van der Waals surface area contributed by atoms with Crippen LogP contribution in [-0.4, -0.2) is 11.9 Å². The molecule has 0 radical (unpaired) electrons. The number of carbonyl (C=O) groups is 2. The Bertz CT molecular complexity index is 792. The third-order valence-corrected chi connectivity index (χ3v) is 4.93. The molecular weight excluding hydrogens is 382 g/mol. The second kappa shape index (κ2) is 7.27. The van der Waals surface area contributed by atoms with E-state index in [1.54, 1.807) is 12.1 Å². The first-order valence-electron chi connectivity index (χ1n) is 8.16. The van der Waals surface area contributed by atoms with Crippen LogP contribution in [0.3, 0.4) is 0 Å². The summed E-state index contributed by atoms with van der Waals surface area (Å²) in [4.78, 5) is 23.3. The summed E-state index contributed by atoms with van der Waals surface area (Å²) in [7, 11) is 0. The van der Waals surface area contributed by atoms with E-state index in [9.17, 15) is 9.59 Å². The zero-order valence-electron chi connectivity index (χ0n) is 13.8. The van der Waals surface area contributed by atoms with Crippen LogP contribution in [0.1, 0.15) is 36.4 Å². The van der Waals surface area contributed by atoms with Crippen LogP contribution in [0.15, 0.2) is 53.0 Å². The molecule has 0 saturated heterocycles. The molecule has 3 amide bonds. The molecule has 2 aromatic carbocycles. The Morgan fingerprint density at radius 1 is 1.20 bits per heavy atom. The summed E-state index contributed by atoms with van der Waals surface area (Å²) in [6.45, 7) is 1.95. The molecular formula is C19H20BrN3O2. The van der Waals surface area contributed by atoms with E-state index in [2.05, 4.69) is 38.7 Å². The molecule has 0 heterocycles. The smallest absolute Gasteiger partial charge is 0.316 e. The van der Waals surface area contributed by atoms with Crippen LogP contribution in [0.2, 0.25) is 0 Å². The van der Waals surface area contributed by atoms with Gasteiger partial charge in [0.2, 0.25) is 5.91 Å². The Hall–Kier alpha value is -2.34. The Morgan fingerprint density at radius 2 is 1.92 bits per heavy atom. The predicted molar refractivity (Wildman–Crippen MR) is 101 cm³/mol. The number of hydrogen-bond donors (Lipinski definition) is 3. The van der Waals surface area contributed by atoms with Crippen LogP contribution < -0.4 is 16.4 Å². The van der Waals surface area contributed by atoms with E-state index >= 15 is 0 Å². The van der Waals surface area contributed by atoms with Gasteiger partial charge in [-0.25, -0.2) is 4.79 Å². The second-order valence-corrected chi connectivity index (χ2v) is 7.26. The molecule has 2 aromatic rings. The van der Waals surface area contributed by atoms with E-state index in [0.717, 1.165) is 16.5 Å². The molecule has 1 fully saturated rings. The summed E-state index contributed by atoms with van der Waals surface area (Å²) in [5, 5.41) is 5.59.